The van der Waals surface area contributed by atoms with Crippen molar-refractivity contribution in [3.8, 4) is 22.9 Å². The molecule has 2 amide bonds. The average molecular weight is 431 g/mol. The Morgan fingerprint density at radius 1 is 1.07 bits per heavy atom. The van der Waals surface area contributed by atoms with Gasteiger partial charge in [0.15, 0.2) is 0 Å². The van der Waals surface area contributed by atoms with E-state index >= 15 is 0 Å². The van der Waals surface area contributed by atoms with E-state index in [-0.39, 0.29) is 18.4 Å². The Labute approximate surface area is 177 Å². The Bertz CT molecular complexity index is 1040. The smallest absolute Gasteiger partial charge is 0.273 e. The zero-order valence-corrected chi connectivity index (χ0v) is 17.0. The molecule has 0 saturated carbocycles. The van der Waals surface area contributed by atoms with E-state index in [1.54, 1.807) is 43.5 Å². The number of hydrazine groups is 1. The molecule has 2 aromatic carbocycles. The van der Waals surface area contributed by atoms with Crippen LogP contribution in [0.5, 0.6) is 11.5 Å². The number of amides is 2. The van der Waals surface area contributed by atoms with Crippen molar-refractivity contribution in [2.24, 2.45) is 0 Å². The van der Waals surface area contributed by atoms with Gasteiger partial charge in [0, 0.05) is 23.4 Å². The van der Waals surface area contributed by atoms with Crippen molar-refractivity contribution in [2.45, 2.75) is 12.8 Å². The number of aryl methyl sites for hydroxylation is 1. The highest BCUT2D eigenvalue weighted by Gasteiger charge is 2.15. The lowest BCUT2D eigenvalue weighted by Crippen LogP contribution is -2.41. The van der Waals surface area contributed by atoms with Crippen LogP contribution in [0.2, 0.25) is 5.02 Å². The molecule has 0 spiro atoms. The molecule has 10 heteroatoms. The van der Waals surface area contributed by atoms with Crippen LogP contribution in [0, 0.1) is 0 Å². The van der Waals surface area contributed by atoms with Crippen LogP contribution in [0.3, 0.4) is 0 Å². The lowest BCUT2D eigenvalue weighted by molar-refractivity contribution is -0.121. The van der Waals surface area contributed by atoms with Gasteiger partial charge in [0.2, 0.25) is 17.6 Å². The van der Waals surface area contributed by atoms with Gasteiger partial charge in [-0.15, -0.1) is 0 Å². The van der Waals surface area contributed by atoms with Crippen molar-refractivity contribution in [1.29, 1.82) is 0 Å². The quantitative estimate of drug-likeness (QED) is 0.553. The third-order valence-electron chi connectivity index (χ3n) is 4.10. The molecule has 3 aromatic rings. The molecule has 0 atom stereocenters. The summed E-state index contributed by atoms with van der Waals surface area (Å²) < 4.78 is 15.4. The lowest BCUT2D eigenvalue weighted by Gasteiger charge is -2.10. The molecule has 1 heterocycles. The molecular formula is C20H19ClN4O5. The third-order valence-corrected chi connectivity index (χ3v) is 4.34. The van der Waals surface area contributed by atoms with Gasteiger partial charge < -0.3 is 14.0 Å². The van der Waals surface area contributed by atoms with Crippen LogP contribution in [0.15, 0.2) is 47.0 Å². The highest BCUT2D eigenvalue weighted by molar-refractivity contribution is 6.31. The number of aromatic nitrogens is 2. The molecule has 9 nitrogen and oxygen atoms in total. The monoisotopic (exact) mass is 430 g/mol. The van der Waals surface area contributed by atoms with Gasteiger partial charge >= 0.3 is 0 Å². The fourth-order valence-corrected chi connectivity index (χ4v) is 2.72. The third kappa shape index (κ3) is 5.26. The van der Waals surface area contributed by atoms with E-state index in [9.17, 15) is 9.59 Å². The van der Waals surface area contributed by atoms with Crippen molar-refractivity contribution in [1.82, 2.24) is 21.0 Å². The topological polar surface area (TPSA) is 116 Å². The number of nitrogens with one attached hydrogen (secondary N) is 2. The second-order valence-corrected chi connectivity index (χ2v) is 6.52. The number of ether oxygens (including phenoxy) is 2. The van der Waals surface area contributed by atoms with Crippen molar-refractivity contribution < 1.29 is 23.6 Å². The van der Waals surface area contributed by atoms with E-state index < -0.39 is 11.8 Å². The van der Waals surface area contributed by atoms with E-state index in [1.165, 1.54) is 13.2 Å². The molecule has 0 aliphatic heterocycles. The summed E-state index contributed by atoms with van der Waals surface area (Å²) in [6.07, 6.45) is 0.253. The number of carbonyl (C=O) groups is 2. The van der Waals surface area contributed by atoms with Crippen molar-refractivity contribution in [2.75, 3.05) is 14.2 Å². The van der Waals surface area contributed by atoms with Gasteiger partial charge in [0.05, 0.1) is 19.8 Å². The maximum absolute atomic E-state index is 12.2. The molecule has 0 aliphatic carbocycles. The molecular weight excluding hydrogens is 412 g/mol. The second-order valence-electron chi connectivity index (χ2n) is 6.09. The lowest BCUT2D eigenvalue weighted by atomic mass is 10.2. The van der Waals surface area contributed by atoms with E-state index in [1.807, 2.05) is 0 Å². The Kier molecular flexibility index (Phi) is 6.87. The number of hydrogen-bond donors (Lipinski definition) is 2. The maximum Gasteiger partial charge on any atom is 0.273 e. The van der Waals surface area contributed by atoms with E-state index in [2.05, 4.69) is 21.0 Å². The minimum absolute atomic E-state index is 0.0389. The minimum Gasteiger partial charge on any atom is -0.497 e. The molecule has 30 heavy (non-hydrogen) atoms. The molecule has 0 fully saturated rings. The Morgan fingerprint density at radius 3 is 2.53 bits per heavy atom. The number of carbonyl (C=O) groups excluding carboxylic acids is 2. The fraction of sp³-hybridized carbons (Fsp3) is 0.200. The number of methoxy groups -OCH3 is 2. The minimum atomic E-state index is -0.553. The summed E-state index contributed by atoms with van der Waals surface area (Å²) in [4.78, 5) is 28.5. The summed E-state index contributed by atoms with van der Waals surface area (Å²) in [7, 11) is 3.02. The normalized spacial score (nSPS) is 10.4. The molecule has 0 bridgehead atoms. The molecule has 0 saturated heterocycles. The van der Waals surface area contributed by atoms with Gasteiger partial charge in [0.1, 0.15) is 11.5 Å². The van der Waals surface area contributed by atoms with Crippen LogP contribution in [-0.2, 0) is 11.2 Å². The molecule has 0 aliphatic rings. The molecule has 156 valence electrons. The summed E-state index contributed by atoms with van der Waals surface area (Å²) in [6.45, 7) is 0. The van der Waals surface area contributed by atoms with Crippen LogP contribution in [0.1, 0.15) is 22.7 Å². The molecule has 1 aromatic heterocycles. The van der Waals surface area contributed by atoms with Crippen LogP contribution in [-0.4, -0.2) is 36.2 Å². The van der Waals surface area contributed by atoms with Crippen LogP contribution >= 0.6 is 11.6 Å². The predicted octanol–water partition coefficient (Wildman–Crippen LogP) is 2.80. The zero-order valence-electron chi connectivity index (χ0n) is 16.3. The van der Waals surface area contributed by atoms with Gasteiger partial charge in [-0.1, -0.05) is 16.8 Å². The van der Waals surface area contributed by atoms with E-state index in [0.717, 1.165) is 11.3 Å². The van der Waals surface area contributed by atoms with Gasteiger partial charge in [-0.3, -0.25) is 20.4 Å². The van der Waals surface area contributed by atoms with Crippen molar-refractivity contribution in [3.05, 3.63) is 58.9 Å². The van der Waals surface area contributed by atoms with Crippen molar-refractivity contribution >= 4 is 23.4 Å². The summed E-state index contributed by atoms with van der Waals surface area (Å²) in [6, 6.07) is 11.8. The molecule has 2 N–H and O–H groups in total. The Balaban J connectivity index is 1.51. The fourth-order valence-electron chi connectivity index (χ4n) is 2.55. The first-order chi connectivity index (χ1) is 14.5. The summed E-state index contributed by atoms with van der Waals surface area (Å²) in [5.41, 5.74) is 5.62. The first-order valence-electron chi connectivity index (χ1n) is 8.90. The summed E-state index contributed by atoms with van der Waals surface area (Å²) in [5, 5.41) is 4.28. The van der Waals surface area contributed by atoms with Crippen molar-refractivity contribution in [3.63, 3.8) is 0 Å². The highest BCUT2D eigenvalue weighted by Crippen LogP contribution is 2.22. The molecule has 3 rings (SSSR count). The molecule has 0 unspecified atom stereocenters. The Morgan fingerprint density at radius 2 is 1.83 bits per heavy atom. The average Bonchev–Trinajstić information content (AvgIpc) is 3.25. The standard InChI is InChI=1S/C20H19ClN4O5/c1-28-14-6-3-12(4-7-14)19-22-18(30-25-19)10-9-17(26)23-24-20(27)15-11-13(21)5-8-16(15)29-2/h3-8,11H,9-10H2,1-2H3,(H,23,26)(H,24,27). The van der Waals surface area contributed by atoms with Gasteiger partial charge in [-0.25, -0.2) is 0 Å². The zero-order chi connectivity index (χ0) is 21.5. The predicted molar refractivity (Wildman–Crippen MR) is 108 cm³/mol. The summed E-state index contributed by atoms with van der Waals surface area (Å²) in [5.74, 6) is 0.795. The molecule has 0 radical (unpaired) electrons. The van der Waals surface area contributed by atoms with Crippen LogP contribution < -0.4 is 20.3 Å². The Hall–Kier alpha value is -3.59. The van der Waals surface area contributed by atoms with Gasteiger partial charge in [0.25, 0.3) is 5.91 Å². The SMILES string of the molecule is COc1ccc(-c2noc(CCC(=O)NNC(=O)c3cc(Cl)ccc3OC)n2)cc1. The number of benzene rings is 2. The van der Waals surface area contributed by atoms with E-state index in [0.29, 0.717) is 22.5 Å². The first-order valence-corrected chi connectivity index (χ1v) is 9.27. The number of nitrogens with zero attached hydrogens (tertiary/aromatic N) is 2. The largest absolute Gasteiger partial charge is 0.497 e. The number of halogens is 1. The second kappa shape index (κ2) is 9.75. The highest BCUT2D eigenvalue weighted by atomic mass is 35.5. The summed E-state index contributed by atoms with van der Waals surface area (Å²) >= 11 is 5.91. The maximum atomic E-state index is 12.2. The van der Waals surface area contributed by atoms with Crippen LogP contribution in [0.25, 0.3) is 11.4 Å². The van der Waals surface area contributed by atoms with Gasteiger partial charge in [-0.2, -0.15) is 4.98 Å². The van der Waals surface area contributed by atoms with Gasteiger partial charge in [-0.05, 0) is 42.5 Å². The van der Waals surface area contributed by atoms with Crippen LogP contribution in [0.4, 0.5) is 0 Å². The van der Waals surface area contributed by atoms with E-state index in [4.69, 9.17) is 25.6 Å². The number of rotatable bonds is 7. The first kappa shape index (κ1) is 21.1. The number of hydrogen-bond acceptors (Lipinski definition) is 7.